The number of carboxylic acid groups (broad SMARTS) is 1. The van der Waals surface area contributed by atoms with Crippen LogP contribution in [0.3, 0.4) is 0 Å². The van der Waals surface area contributed by atoms with Crippen molar-refractivity contribution in [1.29, 1.82) is 0 Å². The van der Waals surface area contributed by atoms with Gasteiger partial charge in [0.05, 0.1) is 12.6 Å². The highest BCUT2D eigenvalue weighted by Crippen LogP contribution is 2.18. The van der Waals surface area contributed by atoms with Gasteiger partial charge >= 0.3 is 5.97 Å². The van der Waals surface area contributed by atoms with E-state index >= 15 is 0 Å². The first kappa shape index (κ1) is 29.8. The number of aromatic nitrogens is 1. The highest BCUT2D eigenvalue weighted by molar-refractivity contribution is 5.93. The van der Waals surface area contributed by atoms with Crippen molar-refractivity contribution in [3.8, 4) is 5.75 Å². The SMILES string of the molecule is NC(Cc1c[nH]c2ccccc12)C(=O)NCC(=O)NC(Cc1ccc(O)cc1)C(=O)NC(Cc1ccccc1)C(=O)O. The van der Waals surface area contributed by atoms with Gasteiger partial charge in [-0.2, -0.15) is 0 Å². The van der Waals surface area contributed by atoms with E-state index in [4.69, 9.17) is 5.73 Å². The summed E-state index contributed by atoms with van der Waals surface area (Å²) in [6.07, 6.45) is 2.11. The van der Waals surface area contributed by atoms with Crippen LogP contribution in [0.5, 0.6) is 5.75 Å². The van der Waals surface area contributed by atoms with Crippen molar-refractivity contribution < 1.29 is 29.4 Å². The standard InChI is InChI=1S/C31H33N5O6/c32-24(16-21-17-33-25-9-5-4-8-23(21)25)29(39)34-18-28(38)35-26(14-20-10-12-22(37)13-11-20)30(40)36-27(31(41)42)15-19-6-2-1-3-7-19/h1-13,17,24,26-27,33,37H,14-16,18,32H2,(H,34,39)(H,35,38)(H,36,40)(H,41,42). The number of amides is 3. The van der Waals surface area contributed by atoms with Crippen LogP contribution in [0.25, 0.3) is 10.9 Å². The second kappa shape index (κ2) is 14.0. The smallest absolute Gasteiger partial charge is 0.326 e. The van der Waals surface area contributed by atoms with Crippen molar-refractivity contribution in [2.45, 2.75) is 37.4 Å². The summed E-state index contributed by atoms with van der Waals surface area (Å²) < 4.78 is 0. The summed E-state index contributed by atoms with van der Waals surface area (Å²) >= 11 is 0. The lowest BCUT2D eigenvalue weighted by Gasteiger charge is -2.22. The molecule has 218 valence electrons. The van der Waals surface area contributed by atoms with E-state index in [0.29, 0.717) is 5.56 Å². The predicted octanol–water partition coefficient (Wildman–Crippen LogP) is 1.40. The number of fused-ring (bicyclic) bond motifs is 1. The summed E-state index contributed by atoms with van der Waals surface area (Å²) in [4.78, 5) is 53.8. The van der Waals surface area contributed by atoms with Crippen LogP contribution >= 0.6 is 0 Å². The molecule has 0 saturated carbocycles. The van der Waals surface area contributed by atoms with Gasteiger partial charge in [0.1, 0.15) is 17.8 Å². The first-order valence-electron chi connectivity index (χ1n) is 13.4. The number of nitrogens with two attached hydrogens (primary N) is 1. The van der Waals surface area contributed by atoms with Gasteiger partial charge in [0.25, 0.3) is 0 Å². The van der Waals surface area contributed by atoms with Gasteiger partial charge in [0, 0.05) is 29.9 Å². The molecule has 0 saturated heterocycles. The van der Waals surface area contributed by atoms with E-state index in [1.165, 1.54) is 12.1 Å². The third-order valence-electron chi connectivity index (χ3n) is 6.80. The first-order valence-corrected chi connectivity index (χ1v) is 13.4. The molecule has 0 bridgehead atoms. The summed E-state index contributed by atoms with van der Waals surface area (Å²) in [6.45, 7) is -0.438. The van der Waals surface area contributed by atoms with Crippen molar-refractivity contribution in [2.24, 2.45) is 5.73 Å². The van der Waals surface area contributed by atoms with E-state index in [-0.39, 0.29) is 25.0 Å². The fraction of sp³-hybridized carbons (Fsp3) is 0.226. The Morgan fingerprint density at radius 3 is 2.12 bits per heavy atom. The number of nitrogens with one attached hydrogen (secondary N) is 4. The molecule has 3 atom stereocenters. The number of carbonyl (C=O) groups excluding carboxylic acids is 3. The van der Waals surface area contributed by atoms with Gasteiger partial charge in [-0.1, -0.05) is 60.7 Å². The Morgan fingerprint density at radius 2 is 1.40 bits per heavy atom. The lowest BCUT2D eigenvalue weighted by atomic mass is 10.0. The van der Waals surface area contributed by atoms with Gasteiger partial charge in [-0.15, -0.1) is 0 Å². The van der Waals surface area contributed by atoms with Gasteiger partial charge in [0.15, 0.2) is 0 Å². The Balaban J connectivity index is 1.38. The monoisotopic (exact) mass is 571 g/mol. The zero-order chi connectivity index (χ0) is 30.1. The third kappa shape index (κ3) is 8.18. The zero-order valence-corrected chi connectivity index (χ0v) is 22.7. The van der Waals surface area contributed by atoms with Gasteiger partial charge in [0.2, 0.25) is 17.7 Å². The van der Waals surface area contributed by atoms with Crippen molar-refractivity contribution in [3.63, 3.8) is 0 Å². The molecule has 1 heterocycles. The lowest BCUT2D eigenvalue weighted by molar-refractivity contribution is -0.142. The quantitative estimate of drug-likeness (QED) is 0.126. The number of aliphatic carboxylic acids is 1. The molecule has 3 amide bonds. The molecule has 0 fully saturated rings. The molecular weight excluding hydrogens is 538 g/mol. The number of phenolic OH excluding ortho intramolecular Hbond substituents is 1. The number of aromatic hydroxyl groups is 1. The summed E-state index contributed by atoms with van der Waals surface area (Å²) in [6, 6.07) is 19.2. The molecule has 11 heteroatoms. The number of rotatable bonds is 13. The average Bonchev–Trinajstić information content (AvgIpc) is 3.39. The minimum Gasteiger partial charge on any atom is -0.508 e. The minimum absolute atomic E-state index is 0.0174. The first-order chi connectivity index (χ1) is 20.2. The second-order valence-electron chi connectivity index (χ2n) is 9.97. The van der Waals surface area contributed by atoms with Crippen LogP contribution in [0, 0.1) is 0 Å². The molecule has 11 nitrogen and oxygen atoms in total. The number of hydrogen-bond donors (Lipinski definition) is 7. The third-order valence-corrected chi connectivity index (χ3v) is 6.80. The van der Waals surface area contributed by atoms with Crippen molar-refractivity contribution in [2.75, 3.05) is 6.54 Å². The molecule has 0 aliphatic rings. The second-order valence-corrected chi connectivity index (χ2v) is 9.97. The highest BCUT2D eigenvalue weighted by Gasteiger charge is 2.27. The normalized spacial score (nSPS) is 13.1. The Labute approximate surface area is 242 Å². The van der Waals surface area contributed by atoms with Crippen LogP contribution < -0.4 is 21.7 Å². The molecule has 4 aromatic rings. The Bertz CT molecular complexity index is 1540. The summed E-state index contributed by atoms with van der Waals surface area (Å²) in [5.74, 6) is -3.09. The number of hydrogen-bond acceptors (Lipinski definition) is 6. The fourth-order valence-electron chi connectivity index (χ4n) is 4.57. The van der Waals surface area contributed by atoms with Crippen molar-refractivity contribution in [3.05, 3.63) is 102 Å². The molecule has 1 aromatic heterocycles. The number of benzene rings is 3. The molecule has 0 spiro atoms. The van der Waals surface area contributed by atoms with Crippen LogP contribution in [0.1, 0.15) is 16.7 Å². The number of phenols is 1. The van der Waals surface area contributed by atoms with E-state index in [2.05, 4.69) is 20.9 Å². The van der Waals surface area contributed by atoms with Gasteiger partial charge in [-0.05, 0) is 41.3 Å². The maximum Gasteiger partial charge on any atom is 0.326 e. The van der Waals surface area contributed by atoms with E-state index in [1.54, 1.807) is 48.7 Å². The zero-order valence-electron chi connectivity index (χ0n) is 22.7. The van der Waals surface area contributed by atoms with Crippen molar-refractivity contribution in [1.82, 2.24) is 20.9 Å². The van der Waals surface area contributed by atoms with Crippen LogP contribution in [-0.4, -0.2) is 63.6 Å². The van der Waals surface area contributed by atoms with Crippen LogP contribution in [0.2, 0.25) is 0 Å². The number of aromatic amines is 1. The summed E-state index contributed by atoms with van der Waals surface area (Å²) in [5, 5.41) is 27.9. The molecule has 3 unspecified atom stereocenters. The average molecular weight is 572 g/mol. The molecule has 0 aliphatic carbocycles. The molecule has 3 aromatic carbocycles. The Kier molecular flexibility index (Phi) is 9.90. The number of H-pyrrole nitrogens is 1. The fourth-order valence-corrected chi connectivity index (χ4v) is 4.57. The number of para-hydroxylation sites is 1. The van der Waals surface area contributed by atoms with Gasteiger partial charge in [-0.3, -0.25) is 14.4 Å². The van der Waals surface area contributed by atoms with Crippen LogP contribution in [-0.2, 0) is 38.4 Å². The molecular formula is C31H33N5O6. The van der Waals surface area contributed by atoms with Crippen LogP contribution in [0.4, 0.5) is 0 Å². The maximum atomic E-state index is 13.2. The number of carbonyl (C=O) groups is 4. The van der Waals surface area contributed by atoms with E-state index in [1.807, 2.05) is 24.3 Å². The van der Waals surface area contributed by atoms with E-state index in [0.717, 1.165) is 22.0 Å². The Hall–Kier alpha value is -5.16. The molecule has 42 heavy (non-hydrogen) atoms. The number of carboxylic acids is 1. The van der Waals surface area contributed by atoms with Gasteiger partial charge in [-0.25, -0.2) is 4.79 Å². The molecule has 0 radical (unpaired) electrons. The van der Waals surface area contributed by atoms with Crippen LogP contribution in [0.15, 0.2) is 85.1 Å². The van der Waals surface area contributed by atoms with Gasteiger partial charge < -0.3 is 36.9 Å². The molecule has 0 aliphatic heterocycles. The van der Waals surface area contributed by atoms with E-state index < -0.39 is 48.4 Å². The largest absolute Gasteiger partial charge is 0.508 e. The van der Waals surface area contributed by atoms with E-state index in [9.17, 15) is 29.4 Å². The van der Waals surface area contributed by atoms with Crippen molar-refractivity contribution >= 4 is 34.6 Å². The maximum absolute atomic E-state index is 13.2. The minimum atomic E-state index is -1.23. The molecule has 4 rings (SSSR count). The molecule has 8 N–H and O–H groups in total. The topological polar surface area (TPSA) is 187 Å². The predicted molar refractivity (Wildman–Crippen MR) is 156 cm³/mol. The lowest BCUT2D eigenvalue weighted by Crippen LogP contribution is -2.55. The summed E-state index contributed by atoms with van der Waals surface area (Å²) in [7, 11) is 0. The Morgan fingerprint density at radius 1 is 0.762 bits per heavy atom. The summed E-state index contributed by atoms with van der Waals surface area (Å²) in [5.41, 5.74) is 9.23. The highest BCUT2D eigenvalue weighted by atomic mass is 16.4.